The van der Waals surface area contributed by atoms with Crippen LogP contribution in [0.1, 0.15) is 44.7 Å². The predicted molar refractivity (Wildman–Crippen MR) is 88.9 cm³/mol. The molecular weight excluding hydrogens is 290 g/mol. The van der Waals surface area contributed by atoms with Gasteiger partial charge in [0.15, 0.2) is 0 Å². The molecule has 1 aromatic carbocycles. The third-order valence-corrected chi connectivity index (χ3v) is 5.00. The first-order chi connectivity index (χ1) is 11.0. The molecule has 0 aliphatic carbocycles. The number of carbonyl (C=O) groups excluding carboxylic acids is 2. The lowest BCUT2D eigenvalue weighted by Crippen LogP contribution is -2.61. The van der Waals surface area contributed by atoms with Crippen molar-refractivity contribution in [2.45, 2.75) is 44.7 Å². The maximum atomic E-state index is 12.6. The predicted octanol–water partition coefficient (Wildman–Crippen LogP) is 2.54. The van der Waals surface area contributed by atoms with Crippen LogP contribution in [-0.2, 0) is 4.79 Å². The minimum atomic E-state index is -0.165. The molecule has 2 heterocycles. The maximum Gasteiger partial charge on any atom is 0.318 e. The lowest BCUT2D eigenvalue weighted by molar-refractivity contribution is -0.128. The molecule has 2 aliphatic heterocycles. The number of rotatable bonds is 4. The number of carbonyl (C=O) groups is 2. The van der Waals surface area contributed by atoms with Gasteiger partial charge in [-0.2, -0.15) is 0 Å². The van der Waals surface area contributed by atoms with E-state index in [1.807, 2.05) is 40.1 Å². The van der Waals surface area contributed by atoms with E-state index in [0.29, 0.717) is 13.0 Å². The topological polar surface area (TPSA) is 52.7 Å². The molecule has 2 fully saturated rings. The number of hydrogen-bond acceptors (Lipinski definition) is 2. The van der Waals surface area contributed by atoms with Gasteiger partial charge < -0.3 is 15.1 Å². The molecule has 1 N–H and O–H groups in total. The SMILES string of the molecule is CC1(C)CCN1C(=O)N[C@H](CN1CCCC1=O)c1ccccc1. The quantitative estimate of drug-likeness (QED) is 0.928. The fourth-order valence-electron chi connectivity index (χ4n) is 3.31. The Hall–Kier alpha value is -2.04. The van der Waals surface area contributed by atoms with Gasteiger partial charge in [-0.3, -0.25) is 4.79 Å². The van der Waals surface area contributed by atoms with Crippen molar-refractivity contribution in [3.8, 4) is 0 Å². The Bertz CT molecular complexity index is 585. The summed E-state index contributed by atoms with van der Waals surface area (Å²) in [7, 11) is 0. The van der Waals surface area contributed by atoms with Crippen LogP contribution in [0.4, 0.5) is 4.79 Å². The van der Waals surface area contributed by atoms with Crippen molar-refractivity contribution in [1.82, 2.24) is 15.1 Å². The van der Waals surface area contributed by atoms with E-state index >= 15 is 0 Å². The summed E-state index contributed by atoms with van der Waals surface area (Å²) in [5.41, 5.74) is 0.966. The third kappa shape index (κ3) is 3.33. The molecule has 0 unspecified atom stereocenters. The second-order valence-corrected chi connectivity index (χ2v) is 7.07. The number of urea groups is 1. The van der Waals surface area contributed by atoms with Crippen LogP contribution in [0.15, 0.2) is 30.3 Å². The lowest BCUT2D eigenvalue weighted by atomic mass is 9.89. The van der Waals surface area contributed by atoms with Crippen LogP contribution in [0, 0.1) is 0 Å². The Kier molecular flexibility index (Phi) is 4.28. The van der Waals surface area contributed by atoms with Crippen LogP contribution in [0.5, 0.6) is 0 Å². The average Bonchev–Trinajstić information content (AvgIpc) is 2.91. The van der Waals surface area contributed by atoms with Gasteiger partial charge in [0.1, 0.15) is 0 Å². The molecule has 0 radical (unpaired) electrons. The largest absolute Gasteiger partial charge is 0.340 e. The van der Waals surface area contributed by atoms with Crippen molar-refractivity contribution in [3.63, 3.8) is 0 Å². The van der Waals surface area contributed by atoms with Gasteiger partial charge in [-0.1, -0.05) is 30.3 Å². The Balaban J connectivity index is 1.73. The van der Waals surface area contributed by atoms with Gasteiger partial charge in [-0.05, 0) is 32.3 Å². The van der Waals surface area contributed by atoms with Crippen molar-refractivity contribution in [1.29, 1.82) is 0 Å². The van der Waals surface area contributed by atoms with E-state index in [1.165, 1.54) is 0 Å². The molecule has 1 atom stereocenters. The molecule has 0 saturated carbocycles. The van der Waals surface area contributed by atoms with Crippen LogP contribution in [0.25, 0.3) is 0 Å². The molecule has 5 heteroatoms. The Labute approximate surface area is 137 Å². The highest BCUT2D eigenvalue weighted by Gasteiger charge is 2.40. The summed E-state index contributed by atoms with van der Waals surface area (Å²) in [4.78, 5) is 28.3. The smallest absolute Gasteiger partial charge is 0.318 e. The zero-order chi connectivity index (χ0) is 16.4. The standard InChI is InChI=1S/C18H25N3O2/c1-18(2)10-12-21(18)17(23)19-15(14-7-4-3-5-8-14)13-20-11-6-9-16(20)22/h3-5,7-8,15H,6,9-13H2,1-2H3,(H,19,23)/t15-/m1/s1. The van der Waals surface area contributed by atoms with Gasteiger partial charge in [-0.25, -0.2) is 4.79 Å². The van der Waals surface area contributed by atoms with Crippen molar-refractivity contribution < 1.29 is 9.59 Å². The lowest BCUT2D eigenvalue weighted by Gasteiger charge is -2.48. The number of hydrogen-bond donors (Lipinski definition) is 1. The van der Waals surface area contributed by atoms with Crippen molar-refractivity contribution in [3.05, 3.63) is 35.9 Å². The first kappa shape index (κ1) is 15.8. The fraction of sp³-hybridized carbons (Fsp3) is 0.556. The van der Waals surface area contributed by atoms with Crippen LogP contribution >= 0.6 is 0 Å². The summed E-state index contributed by atoms with van der Waals surface area (Å²) in [6.45, 7) is 6.29. The van der Waals surface area contributed by atoms with Crippen molar-refractivity contribution in [2.24, 2.45) is 0 Å². The number of amides is 3. The molecule has 0 aromatic heterocycles. The molecule has 23 heavy (non-hydrogen) atoms. The molecule has 124 valence electrons. The highest BCUT2D eigenvalue weighted by atomic mass is 16.2. The highest BCUT2D eigenvalue weighted by Crippen LogP contribution is 2.30. The van der Waals surface area contributed by atoms with E-state index < -0.39 is 0 Å². The minimum absolute atomic E-state index is 0.0400. The Morgan fingerprint density at radius 1 is 1.26 bits per heavy atom. The van der Waals surface area contributed by atoms with Crippen molar-refractivity contribution in [2.75, 3.05) is 19.6 Å². The van der Waals surface area contributed by atoms with Gasteiger partial charge >= 0.3 is 6.03 Å². The molecule has 3 rings (SSSR count). The van der Waals surface area contributed by atoms with Crippen LogP contribution in [-0.4, -0.2) is 46.9 Å². The summed E-state index contributed by atoms with van der Waals surface area (Å²) in [5, 5.41) is 3.13. The van der Waals surface area contributed by atoms with Crippen molar-refractivity contribution >= 4 is 11.9 Å². The number of likely N-dealkylation sites (tertiary alicyclic amines) is 2. The van der Waals surface area contributed by atoms with E-state index in [9.17, 15) is 9.59 Å². The molecule has 0 spiro atoms. The zero-order valence-electron chi connectivity index (χ0n) is 13.9. The summed E-state index contributed by atoms with van der Waals surface area (Å²) in [6.07, 6.45) is 2.56. The van der Waals surface area contributed by atoms with Gasteiger partial charge in [0.2, 0.25) is 5.91 Å². The number of benzene rings is 1. The first-order valence-electron chi connectivity index (χ1n) is 8.38. The van der Waals surface area contributed by atoms with E-state index in [0.717, 1.165) is 31.5 Å². The van der Waals surface area contributed by atoms with E-state index in [-0.39, 0.29) is 23.5 Å². The Morgan fingerprint density at radius 2 is 2.00 bits per heavy atom. The molecule has 3 amide bonds. The summed E-state index contributed by atoms with van der Waals surface area (Å²) >= 11 is 0. The number of nitrogens with one attached hydrogen (secondary N) is 1. The maximum absolute atomic E-state index is 12.6. The van der Waals surface area contributed by atoms with E-state index in [4.69, 9.17) is 0 Å². The van der Waals surface area contributed by atoms with Gasteiger partial charge in [-0.15, -0.1) is 0 Å². The molecule has 1 aromatic rings. The van der Waals surface area contributed by atoms with Gasteiger partial charge in [0.05, 0.1) is 6.04 Å². The molecule has 2 saturated heterocycles. The van der Waals surface area contributed by atoms with Crippen LogP contribution in [0.2, 0.25) is 0 Å². The monoisotopic (exact) mass is 315 g/mol. The average molecular weight is 315 g/mol. The van der Waals surface area contributed by atoms with Gasteiger partial charge in [0, 0.05) is 31.6 Å². The summed E-state index contributed by atoms with van der Waals surface area (Å²) in [6, 6.07) is 9.70. The first-order valence-corrected chi connectivity index (χ1v) is 8.38. The summed E-state index contributed by atoms with van der Waals surface area (Å²) in [5.74, 6) is 0.185. The number of nitrogens with zero attached hydrogens (tertiary/aromatic N) is 2. The van der Waals surface area contributed by atoms with E-state index in [1.54, 1.807) is 0 Å². The fourth-order valence-corrected chi connectivity index (χ4v) is 3.31. The van der Waals surface area contributed by atoms with Gasteiger partial charge in [0.25, 0.3) is 0 Å². The molecule has 2 aliphatic rings. The van der Waals surface area contributed by atoms with E-state index in [2.05, 4.69) is 19.2 Å². The zero-order valence-corrected chi connectivity index (χ0v) is 13.9. The molecular formula is C18H25N3O2. The molecule has 0 bridgehead atoms. The Morgan fingerprint density at radius 3 is 2.52 bits per heavy atom. The van der Waals surface area contributed by atoms with Crippen LogP contribution < -0.4 is 5.32 Å². The highest BCUT2D eigenvalue weighted by molar-refractivity contribution is 5.79. The molecule has 5 nitrogen and oxygen atoms in total. The second-order valence-electron chi connectivity index (χ2n) is 7.07. The third-order valence-electron chi connectivity index (χ3n) is 5.00. The summed E-state index contributed by atoms with van der Waals surface area (Å²) < 4.78 is 0. The second kappa shape index (κ2) is 6.22. The normalized spacial score (nSPS) is 21.0. The van der Waals surface area contributed by atoms with Crippen LogP contribution in [0.3, 0.4) is 0 Å². The minimum Gasteiger partial charge on any atom is -0.340 e.